The highest BCUT2D eigenvalue weighted by molar-refractivity contribution is 5.97. The number of rotatable bonds is 6. The van der Waals surface area contributed by atoms with Crippen molar-refractivity contribution in [3.05, 3.63) is 23.8 Å². The number of nitrogens with zero attached hydrogens (tertiary/aromatic N) is 1. The molecule has 1 saturated carbocycles. The molecule has 0 bridgehead atoms. The maximum absolute atomic E-state index is 12.3. The van der Waals surface area contributed by atoms with Crippen molar-refractivity contribution in [2.75, 3.05) is 33.0 Å². The van der Waals surface area contributed by atoms with Crippen LogP contribution in [-0.2, 0) is 4.79 Å². The van der Waals surface area contributed by atoms with E-state index in [4.69, 9.17) is 9.47 Å². The number of ether oxygens (including phenoxy) is 2. The number of carbonyl (C=O) groups is 2. The van der Waals surface area contributed by atoms with Crippen molar-refractivity contribution in [2.24, 2.45) is 5.92 Å². The SMILES string of the molecule is O=C(CNC(=O)c1ccc2c(c1)OCO2)NC1CCN(CC2CCCC2)CC1. The Hall–Kier alpha value is -2.28. The third-order valence-electron chi connectivity index (χ3n) is 5.99. The number of piperidine rings is 1. The van der Waals surface area contributed by atoms with Gasteiger partial charge in [-0.2, -0.15) is 0 Å². The summed E-state index contributed by atoms with van der Waals surface area (Å²) in [4.78, 5) is 27.0. The largest absolute Gasteiger partial charge is 0.454 e. The van der Waals surface area contributed by atoms with Gasteiger partial charge in [0.1, 0.15) is 0 Å². The molecule has 0 aromatic heterocycles. The van der Waals surface area contributed by atoms with E-state index in [2.05, 4.69) is 15.5 Å². The molecule has 0 radical (unpaired) electrons. The number of hydrogen-bond acceptors (Lipinski definition) is 5. The molecule has 2 amide bonds. The average Bonchev–Trinajstić information content (AvgIpc) is 3.38. The number of likely N-dealkylation sites (tertiary alicyclic amines) is 1. The highest BCUT2D eigenvalue weighted by Gasteiger charge is 2.24. The van der Waals surface area contributed by atoms with Gasteiger partial charge in [-0.3, -0.25) is 9.59 Å². The molecule has 2 aliphatic heterocycles. The molecule has 0 atom stereocenters. The van der Waals surface area contributed by atoms with Gasteiger partial charge in [0.25, 0.3) is 5.91 Å². The second kappa shape index (κ2) is 8.82. The van der Waals surface area contributed by atoms with E-state index in [0.29, 0.717) is 17.1 Å². The topological polar surface area (TPSA) is 79.9 Å². The minimum absolute atomic E-state index is 0.0183. The van der Waals surface area contributed by atoms with Crippen LogP contribution in [0.3, 0.4) is 0 Å². The summed E-state index contributed by atoms with van der Waals surface area (Å²) >= 11 is 0. The van der Waals surface area contributed by atoms with E-state index >= 15 is 0 Å². The van der Waals surface area contributed by atoms with Gasteiger partial charge in [-0.15, -0.1) is 0 Å². The third kappa shape index (κ3) is 4.76. The Kier molecular flexibility index (Phi) is 6.00. The molecule has 28 heavy (non-hydrogen) atoms. The lowest BCUT2D eigenvalue weighted by molar-refractivity contribution is -0.121. The Morgan fingerprint density at radius 2 is 1.79 bits per heavy atom. The molecule has 1 aromatic rings. The quantitative estimate of drug-likeness (QED) is 0.780. The Morgan fingerprint density at radius 3 is 2.57 bits per heavy atom. The molecule has 2 fully saturated rings. The van der Waals surface area contributed by atoms with E-state index in [1.54, 1.807) is 18.2 Å². The summed E-state index contributed by atoms with van der Waals surface area (Å²) in [6.07, 6.45) is 7.48. The highest BCUT2D eigenvalue weighted by atomic mass is 16.7. The summed E-state index contributed by atoms with van der Waals surface area (Å²) in [5, 5.41) is 5.74. The number of amides is 2. The van der Waals surface area contributed by atoms with Crippen LogP contribution >= 0.6 is 0 Å². The van der Waals surface area contributed by atoms with E-state index in [-0.39, 0.29) is 31.2 Å². The van der Waals surface area contributed by atoms with Gasteiger partial charge in [0.05, 0.1) is 6.54 Å². The normalized spacial score (nSPS) is 20.3. The highest BCUT2D eigenvalue weighted by Crippen LogP contribution is 2.32. The zero-order valence-electron chi connectivity index (χ0n) is 16.2. The minimum Gasteiger partial charge on any atom is -0.454 e. The lowest BCUT2D eigenvalue weighted by atomic mass is 10.0. The smallest absolute Gasteiger partial charge is 0.251 e. The maximum atomic E-state index is 12.3. The lowest BCUT2D eigenvalue weighted by Gasteiger charge is -2.33. The van der Waals surface area contributed by atoms with Gasteiger partial charge in [-0.05, 0) is 49.8 Å². The van der Waals surface area contributed by atoms with Crippen molar-refractivity contribution < 1.29 is 19.1 Å². The van der Waals surface area contributed by atoms with E-state index in [1.807, 2.05) is 0 Å². The van der Waals surface area contributed by atoms with Gasteiger partial charge in [-0.25, -0.2) is 0 Å². The molecule has 7 heteroatoms. The fourth-order valence-corrected chi connectivity index (χ4v) is 4.40. The molecule has 0 spiro atoms. The van der Waals surface area contributed by atoms with Crippen LogP contribution in [-0.4, -0.2) is 55.7 Å². The molecule has 7 nitrogen and oxygen atoms in total. The molecule has 1 saturated heterocycles. The van der Waals surface area contributed by atoms with Crippen molar-refractivity contribution in [1.29, 1.82) is 0 Å². The Balaban J connectivity index is 1.16. The molecule has 152 valence electrons. The van der Waals surface area contributed by atoms with Crippen molar-refractivity contribution in [2.45, 2.75) is 44.6 Å². The van der Waals surface area contributed by atoms with Gasteiger partial charge in [0, 0.05) is 31.2 Å². The zero-order chi connectivity index (χ0) is 19.3. The fraction of sp³-hybridized carbons (Fsp3) is 0.619. The number of fused-ring (bicyclic) bond motifs is 1. The first-order chi connectivity index (χ1) is 13.7. The van der Waals surface area contributed by atoms with Crippen LogP contribution in [0, 0.1) is 5.92 Å². The van der Waals surface area contributed by atoms with Gasteiger partial charge in [0.2, 0.25) is 12.7 Å². The molecular formula is C21H29N3O4. The van der Waals surface area contributed by atoms with Gasteiger partial charge >= 0.3 is 0 Å². The van der Waals surface area contributed by atoms with Gasteiger partial charge in [-0.1, -0.05) is 12.8 Å². The second-order valence-corrected chi connectivity index (χ2v) is 8.04. The molecule has 1 aromatic carbocycles. The van der Waals surface area contributed by atoms with Gasteiger partial charge < -0.3 is 25.0 Å². The summed E-state index contributed by atoms with van der Waals surface area (Å²) in [5.74, 6) is 1.63. The summed E-state index contributed by atoms with van der Waals surface area (Å²) in [6, 6.07) is 5.21. The fourth-order valence-electron chi connectivity index (χ4n) is 4.40. The van der Waals surface area contributed by atoms with Crippen LogP contribution in [0.2, 0.25) is 0 Å². The number of nitrogens with one attached hydrogen (secondary N) is 2. The minimum atomic E-state index is -0.292. The van der Waals surface area contributed by atoms with Crippen LogP contribution < -0.4 is 20.1 Å². The van der Waals surface area contributed by atoms with Crippen molar-refractivity contribution in [3.8, 4) is 11.5 Å². The van der Waals surface area contributed by atoms with E-state index in [0.717, 1.165) is 31.8 Å². The van der Waals surface area contributed by atoms with Crippen LogP contribution in [0.15, 0.2) is 18.2 Å². The van der Waals surface area contributed by atoms with Crippen LogP contribution in [0.4, 0.5) is 0 Å². The van der Waals surface area contributed by atoms with Crippen molar-refractivity contribution in [1.82, 2.24) is 15.5 Å². The summed E-state index contributed by atoms with van der Waals surface area (Å²) in [5.41, 5.74) is 0.456. The van der Waals surface area contributed by atoms with Crippen LogP contribution in [0.1, 0.15) is 48.9 Å². The average molecular weight is 387 g/mol. The summed E-state index contributed by atoms with van der Waals surface area (Å²) in [6.45, 7) is 3.46. The third-order valence-corrected chi connectivity index (χ3v) is 5.99. The number of hydrogen-bond donors (Lipinski definition) is 2. The number of benzene rings is 1. The predicted octanol–water partition coefficient (Wildman–Crippen LogP) is 1.92. The second-order valence-electron chi connectivity index (χ2n) is 8.04. The lowest BCUT2D eigenvalue weighted by Crippen LogP contribution is -2.48. The van der Waals surface area contributed by atoms with Crippen molar-refractivity contribution in [3.63, 3.8) is 0 Å². The molecule has 3 aliphatic rings. The standard InChI is InChI=1S/C21H29N3O4/c25-20(12-22-21(26)16-5-6-18-19(11-16)28-14-27-18)23-17-7-9-24(10-8-17)13-15-3-1-2-4-15/h5-6,11,15,17H,1-4,7-10,12-14H2,(H,22,26)(H,23,25). The van der Waals surface area contributed by atoms with Crippen LogP contribution in [0.25, 0.3) is 0 Å². The maximum Gasteiger partial charge on any atom is 0.251 e. The molecule has 2 heterocycles. The summed E-state index contributed by atoms with van der Waals surface area (Å²) < 4.78 is 10.5. The van der Waals surface area contributed by atoms with E-state index < -0.39 is 0 Å². The molecule has 1 aliphatic carbocycles. The Morgan fingerprint density at radius 1 is 1.04 bits per heavy atom. The molecule has 2 N–H and O–H groups in total. The van der Waals surface area contributed by atoms with E-state index in [9.17, 15) is 9.59 Å². The number of carbonyl (C=O) groups excluding carboxylic acids is 2. The van der Waals surface area contributed by atoms with Crippen molar-refractivity contribution >= 4 is 11.8 Å². The monoisotopic (exact) mass is 387 g/mol. The molecule has 0 unspecified atom stereocenters. The summed E-state index contributed by atoms with van der Waals surface area (Å²) in [7, 11) is 0. The Labute approximate surface area is 165 Å². The first kappa shape index (κ1) is 19.1. The molecular weight excluding hydrogens is 358 g/mol. The van der Waals surface area contributed by atoms with Crippen LogP contribution in [0.5, 0.6) is 11.5 Å². The first-order valence-electron chi connectivity index (χ1n) is 10.4. The van der Waals surface area contributed by atoms with Gasteiger partial charge in [0.15, 0.2) is 11.5 Å². The zero-order valence-corrected chi connectivity index (χ0v) is 16.2. The van der Waals surface area contributed by atoms with E-state index in [1.165, 1.54) is 32.2 Å². The first-order valence-corrected chi connectivity index (χ1v) is 10.4. The molecule has 4 rings (SSSR count). The predicted molar refractivity (Wildman–Crippen MR) is 104 cm³/mol. The Bertz CT molecular complexity index is 710.